The van der Waals surface area contributed by atoms with E-state index in [1.807, 2.05) is 17.7 Å². The fourth-order valence-corrected chi connectivity index (χ4v) is 3.10. The lowest BCUT2D eigenvalue weighted by Gasteiger charge is -2.08. The second-order valence-corrected chi connectivity index (χ2v) is 6.47. The normalized spacial score (nSPS) is 16.5. The molecular weight excluding hydrogens is 328 g/mol. The van der Waals surface area contributed by atoms with Crippen molar-refractivity contribution in [1.29, 1.82) is 0 Å². The summed E-state index contributed by atoms with van der Waals surface area (Å²) in [5.74, 6) is 1.18. The number of nitrogens with zero attached hydrogens (tertiary/aromatic N) is 5. The Bertz CT molecular complexity index is 945. The second kappa shape index (κ2) is 7.11. The number of fused-ring (bicyclic) bond motifs is 8. The number of aryl methyl sites for hydroxylation is 2. The van der Waals surface area contributed by atoms with E-state index in [4.69, 9.17) is 10.5 Å². The van der Waals surface area contributed by atoms with Gasteiger partial charge in [0.15, 0.2) is 17.0 Å². The molecule has 0 radical (unpaired) electrons. The van der Waals surface area contributed by atoms with E-state index in [9.17, 15) is 0 Å². The number of ether oxygens (including phenoxy) is 1. The lowest BCUT2D eigenvalue weighted by molar-refractivity contribution is 0.300. The first-order chi connectivity index (χ1) is 12.7. The zero-order chi connectivity index (χ0) is 17.9. The Labute approximate surface area is 152 Å². The highest BCUT2D eigenvalue weighted by Crippen LogP contribution is 2.22. The first-order valence-corrected chi connectivity index (χ1v) is 8.92. The standard InChI is InChI=1S/C19H22N6O/c1-13-22-16-17(20)23-19-24-18(16)25(13)12-14-8-9-15(21-11-14)7-5-3-2-4-6-10-26-19/h2,4,8-9,11H,3,5-7,10,12H2,1H3,(H2,20,23,24)/b4-2+. The van der Waals surface area contributed by atoms with E-state index < -0.39 is 0 Å². The van der Waals surface area contributed by atoms with Crippen molar-refractivity contribution >= 4 is 17.0 Å². The summed E-state index contributed by atoms with van der Waals surface area (Å²) in [4.78, 5) is 17.9. The van der Waals surface area contributed by atoms with Crippen molar-refractivity contribution in [2.45, 2.75) is 39.2 Å². The minimum absolute atomic E-state index is 0.294. The Kier molecular flexibility index (Phi) is 4.51. The number of anilines is 1. The van der Waals surface area contributed by atoms with Crippen LogP contribution in [0.2, 0.25) is 0 Å². The molecule has 4 bridgehead atoms. The van der Waals surface area contributed by atoms with Crippen molar-refractivity contribution < 1.29 is 4.74 Å². The van der Waals surface area contributed by atoms with E-state index in [1.165, 1.54) is 0 Å². The van der Waals surface area contributed by atoms with Crippen molar-refractivity contribution in [3.05, 3.63) is 47.6 Å². The van der Waals surface area contributed by atoms with Gasteiger partial charge in [0.1, 0.15) is 5.82 Å². The van der Waals surface area contributed by atoms with Gasteiger partial charge < -0.3 is 15.0 Å². The van der Waals surface area contributed by atoms with E-state index in [1.54, 1.807) is 0 Å². The molecular formula is C19H22N6O. The molecule has 134 valence electrons. The van der Waals surface area contributed by atoms with Crippen LogP contribution in [-0.2, 0) is 13.0 Å². The highest BCUT2D eigenvalue weighted by molar-refractivity contribution is 5.82. The Morgan fingerprint density at radius 1 is 1.12 bits per heavy atom. The van der Waals surface area contributed by atoms with Crippen LogP contribution in [0.5, 0.6) is 6.01 Å². The number of imidazole rings is 1. The SMILES string of the molecule is Cc1nc2c(N)nc3nc2n1Cc1ccc(nc1)CCC/C=C/CCO3. The summed E-state index contributed by atoms with van der Waals surface area (Å²) in [7, 11) is 0. The number of nitrogen functional groups attached to an aromatic ring is 1. The van der Waals surface area contributed by atoms with Crippen molar-refractivity contribution in [2.24, 2.45) is 0 Å². The van der Waals surface area contributed by atoms with Crippen LogP contribution in [0.4, 0.5) is 5.82 Å². The summed E-state index contributed by atoms with van der Waals surface area (Å²) in [5.41, 5.74) is 9.60. The van der Waals surface area contributed by atoms with Crippen LogP contribution in [0.1, 0.15) is 36.3 Å². The number of pyridine rings is 1. The van der Waals surface area contributed by atoms with Crippen molar-refractivity contribution in [3.63, 3.8) is 0 Å². The average molecular weight is 350 g/mol. The molecule has 3 aromatic heterocycles. The Morgan fingerprint density at radius 3 is 2.85 bits per heavy atom. The van der Waals surface area contributed by atoms with Gasteiger partial charge in [-0.25, -0.2) is 4.98 Å². The lowest BCUT2D eigenvalue weighted by Crippen LogP contribution is -2.07. The Hall–Kier alpha value is -2.96. The Balaban J connectivity index is 1.76. The third-order valence-corrected chi connectivity index (χ3v) is 4.50. The summed E-state index contributed by atoms with van der Waals surface area (Å²) in [6.45, 7) is 3.10. The second-order valence-electron chi connectivity index (χ2n) is 6.47. The van der Waals surface area contributed by atoms with Gasteiger partial charge in [-0.2, -0.15) is 9.97 Å². The number of allylic oxidation sites excluding steroid dienone is 1. The van der Waals surface area contributed by atoms with Gasteiger partial charge in [0, 0.05) is 11.9 Å². The lowest BCUT2D eigenvalue weighted by atomic mass is 10.1. The van der Waals surface area contributed by atoms with Crippen molar-refractivity contribution in [1.82, 2.24) is 24.5 Å². The first-order valence-electron chi connectivity index (χ1n) is 8.92. The fourth-order valence-electron chi connectivity index (χ4n) is 3.10. The van der Waals surface area contributed by atoms with E-state index in [2.05, 4.69) is 44.2 Å². The van der Waals surface area contributed by atoms with Gasteiger partial charge in [0.05, 0.1) is 13.2 Å². The summed E-state index contributed by atoms with van der Waals surface area (Å²) in [6, 6.07) is 4.51. The predicted molar refractivity (Wildman–Crippen MR) is 100 cm³/mol. The van der Waals surface area contributed by atoms with E-state index in [0.717, 1.165) is 42.8 Å². The van der Waals surface area contributed by atoms with Crippen LogP contribution in [0, 0.1) is 6.92 Å². The maximum atomic E-state index is 6.08. The quantitative estimate of drug-likeness (QED) is 0.627. The fraction of sp³-hybridized carbons (Fsp3) is 0.368. The molecule has 0 atom stereocenters. The molecule has 5 heterocycles. The van der Waals surface area contributed by atoms with E-state index in [0.29, 0.717) is 36.1 Å². The highest BCUT2D eigenvalue weighted by atomic mass is 16.5. The molecule has 7 nitrogen and oxygen atoms in total. The van der Waals surface area contributed by atoms with Gasteiger partial charge in [-0.15, -0.1) is 0 Å². The third kappa shape index (κ3) is 3.37. The average Bonchev–Trinajstić information content (AvgIpc) is 2.95. The van der Waals surface area contributed by atoms with Crippen LogP contribution < -0.4 is 10.5 Å². The molecule has 0 fully saturated rings. The molecule has 3 aromatic rings. The van der Waals surface area contributed by atoms with Crippen LogP contribution in [0.15, 0.2) is 30.5 Å². The van der Waals surface area contributed by atoms with Gasteiger partial charge in [-0.1, -0.05) is 18.2 Å². The molecule has 2 N–H and O–H groups in total. The smallest absolute Gasteiger partial charge is 0.320 e. The van der Waals surface area contributed by atoms with Crippen LogP contribution >= 0.6 is 0 Å². The minimum Gasteiger partial charge on any atom is -0.463 e. The van der Waals surface area contributed by atoms with Gasteiger partial charge in [-0.3, -0.25) is 4.98 Å². The zero-order valence-corrected chi connectivity index (χ0v) is 14.9. The third-order valence-electron chi connectivity index (χ3n) is 4.50. The molecule has 0 amide bonds. The molecule has 5 rings (SSSR count). The largest absolute Gasteiger partial charge is 0.463 e. The maximum absolute atomic E-state index is 6.08. The number of hydrogen-bond acceptors (Lipinski definition) is 6. The molecule has 26 heavy (non-hydrogen) atoms. The van der Waals surface area contributed by atoms with Crippen LogP contribution in [-0.4, -0.2) is 31.1 Å². The number of aromatic nitrogens is 5. The molecule has 0 spiro atoms. The minimum atomic E-state index is 0.294. The van der Waals surface area contributed by atoms with E-state index in [-0.39, 0.29) is 0 Å². The summed E-state index contributed by atoms with van der Waals surface area (Å²) in [6.07, 6.45) is 10.2. The first kappa shape index (κ1) is 16.5. The molecule has 0 unspecified atom stereocenters. The monoisotopic (exact) mass is 350 g/mol. The molecule has 0 saturated carbocycles. The van der Waals surface area contributed by atoms with Gasteiger partial charge >= 0.3 is 6.01 Å². The van der Waals surface area contributed by atoms with Crippen LogP contribution in [0.3, 0.4) is 0 Å². The number of hydrogen-bond donors (Lipinski definition) is 1. The summed E-state index contributed by atoms with van der Waals surface area (Å²) < 4.78 is 7.72. The van der Waals surface area contributed by atoms with Crippen LogP contribution in [0.25, 0.3) is 11.2 Å². The van der Waals surface area contributed by atoms with Gasteiger partial charge in [0.25, 0.3) is 0 Å². The van der Waals surface area contributed by atoms with Gasteiger partial charge in [-0.05, 0) is 44.2 Å². The van der Waals surface area contributed by atoms with E-state index >= 15 is 0 Å². The topological polar surface area (TPSA) is 91.7 Å². The van der Waals surface area contributed by atoms with Gasteiger partial charge in [0.2, 0.25) is 0 Å². The highest BCUT2D eigenvalue weighted by Gasteiger charge is 2.15. The maximum Gasteiger partial charge on any atom is 0.320 e. The summed E-state index contributed by atoms with van der Waals surface area (Å²) in [5, 5.41) is 0. The number of rotatable bonds is 0. The molecule has 0 saturated heterocycles. The number of nitrogens with two attached hydrogens (primary N) is 1. The molecule has 0 aliphatic carbocycles. The Morgan fingerprint density at radius 2 is 2.00 bits per heavy atom. The molecule has 0 aromatic carbocycles. The van der Waals surface area contributed by atoms with Crippen molar-refractivity contribution in [3.8, 4) is 6.01 Å². The van der Waals surface area contributed by atoms with Crippen molar-refractivity contribution in [2.75, 3.05) is 12.3 Å². The molecule has 2 aliphatic heterocycles. The molecule has 7 heteroatoms. The predicted octanol–water partition coefficient (Wildman–Crippen LogP) is 2.82. The summed E-state index contributed by atoms with van der Waals surface area (Å²) >= 11 is 0. The zero-order valence-electron chi connectivity index (χ0n) is 14.9. The molecule has 2 aliphatic rings.